The zero-order valence-corrected chi connectivity index (χ0v) is 14.0. The third-order valence-electron chi connectivity index (χ3n) is 3.36. The Balaban J connectivity index is 2.11. The van der Waals surface area contributed by atoms with Crippen LogP contribution in [0.2, 0.25) is 0 Å². The number of hydrogen-bond acceptors (Lipinski definition) is 2. The molecule has 1 heterocycles. The van der Waals surface area contributed by atoms with Crippen LogP contribution < -0.4 is 4.74 Å². The third kappa shape index (κ3) is 2.76. The Kier molecular flexibility index (Phi) is 4.12. The molecule has 2 aromatic carbocycles. The van der Waals surface area contributed by atoms with Crippen LogP contribution in [0, 0.1) is 4.77 Å². The fourth-order valence-corrected chi connectivity index (χ4v) is 3.06. The Bertz CT molecular complexity index is 838. The van der Waals surface area contributed by atoms with Crippen molar-refractivity contribution in [2.24, 2.45) is 0 Å². The summed E-state index contributed by atoms with van der Waals surface area (Å²) in [5, 5.41) is 0. The number of halogens is 1. The Labute approximate surface area is 136 Å². The number of hydrogen-bond donors (Lipinski definition) is 1. The molecule has 0 bridgehead atoms. The fourth-order valence-electron chi connectivity index (χ4n) is 2.38. The maximum Gasteiger partial charge on any atom is 0.178 e. The van der Waals surface area contributed by atoms with Crippen molar-refractivity contribution in [3.8, 4) is 5.75 Å². The number of fused-ring (bicyclic) bond motifs is 1. The second-order valence-electron chi connectivity index (χ2n) is 4.69. The third-order valence-corrected chi connectivity index (χ3v) is 4.45. The molecule has 3 aromatic rings. The number of rotatable bonds is 4. The topological polar surface area (TPSA) is 29.9 Å². The standard InChI is InChI=1S/C16H15BrN2OS/c1-2-20-14-9-5-8-13-15(14)18-16(21)19(13)10-11-6-3-4-7-12(11)17/h3-9H,2,10H2,1H3,(H,18,21). The number of aromatic nitrogens is 2. The number of benzene rings is 2. The van der Waals surface area contributed by atoms with Gasteiger partial charge in [-0.25, -0.2) is 0 Å². The maximum absolute atomic E-state index is 5.66. The molecule has 0 spiro atoms. The van der Waals surface area contributed by atoms with Crippen molar-refractivity contribution in [3.63, 3.8) is 0 Å². The molecule has 3 rings (SSSR count). The first-order valence-electron chi connectivity index (χ1n) is 6.78. The van der Waals surface area contributed by atoms with Gasteiger partial charge < -0.3 is 14.3 Å². The van der Waals surface area contributed by atoms with Gasteiger partial charge in [0.25, 0.3) is 0 Å². The largest absolute Gasteiger partial charge is 0.492 e. The van der Waals surface area contributed by atoms with Gasteiger partial charge in [0.2, 0.25) is 0 Å². The summed E-state index contributed by atoms with van der Waals surface area (Å²) in [4.78, 5) is 3.26. The van der Waals surface area contributed by atoms with E-state index in [0.29, 0.717) is 11.4 Å². The minimum atomic E-state index is 0.634. The van der Waals surface area contributed by atoms with Crippen molar-refractivity contribution < 1.29 is 4.74 Å². The molecular weight excluding hydrogens is 348 g/mol. The molecule has 0 atom stereocenters. The molecule has 0 aliphatic heterocycles. The molecule has 0 fully saturated rings. The normalized spacial score (nSPS) is 11.0. The highest BCUT2D eigenvalue weighted by molar-refractivity contribution is 9.10. The van der Waals surface area contributed by atoms with E-state index in [1.807, 2.05) is 37.3 Å². The zero-order chi connectivity index (χ0) is 14.8. The summed E-state index contributed by atoms with van der Waals surface area (Å²) in [6.45, 7) is 3.33. The van der Waals surface area contributed by atoms with Crippen LogP contribution in [0.15, 0.2) is 46.9 Å². The highest BCUT2D eigenvalue weighted by Crippen LogP contribution is 2.26. The monoisotopic (exact) mass is 362 g/mol. The van der Waals surface area contributed by atoms with Crippen LogP contribution in [0.1, 0.15) is 12.5 Å². The van der Waals surface area contributed by atoms with Crippen LogP contribution >= 0.6 is 28.1 Å². The number of H-pyrrole nitrogens is 1. The van der Waals surface area contributed by atoms with Crippen molar-refractivity contribution in [1.82, 2.24) is 9.55 Å². The van der Waals surface area contributed by atoms with Gasteiger partial charge in [-0.1, -0.05) is 40.2 Å². The molecule has 0 unspecified atom stereocenters. The smallest absolute Gasteiger partial charge is 0.178 e. The van der Waals surface area contributed by atoms with Gasteiger partial charge in [-0.2, -0.15) is 0 Å². The number of para-hydroxylation sites is 1. The Morgan fingerprint density at radius 3 is 2.76 bits per heavy atom. The molecule has 5 heteroatoms. The van der Waals surface area contributed by atoms with Crippen molar-refractivity contribution in [2.45, 2.75) is 13.5 Å². The fraction of sp³-hybridized carbons (Fsp3) is 0.188. The summed E-state index contributed by atoms with van der Waals surface area (Å²) in [5.41, 5.74) is 3.20. The molecule has 0 radical (unpaired) electrons. The van der Waals surface area contributed by atoms with Gasteiger partial charge in [-0.05, 0) is 42.9 Å². The first-order valence-corrected chi connectivity index (χ1v) is 7.98. The van der Waals surface area contributed by atoms with Gasteiger partial charge in [0.15, 0.2) is 4.77 Å². The van der Waals surface area contributed by atoms with Gasteiger partial charge in [0.1, 0.15) is 11.3 Å². The molecule has 3 nitrogen and oxygen atoms in total. The first kappa shape index (κ1) is 14.4. The van der Waals surface area contributed by atoms with Gasteiger partial charge in [-0.15, -0.1) is 0 Å². The van der Waals surface area contributed by atoms with E-state index in [-0.39, 0.29) is 0 Å². The molecule has 1 aromatic heterocycles. The average Bonchev–Trinajstić information content (AvgIpc) is 2.79. The summed E-state index contributed by atoms with van der Waals surface area (Å²) < 4.78 is 9.54. The van der Waals surface area contributed by atoms with E-state index < -0.39 is 0 Å². The van der Waals surface area contributed by atoms with E-state index in [2.05, 4.69) is 37.6 Å². The van der Waals surface area contributed by atoms with Crippen LogP contribution in [0.4, 0.5) is 0 Å². The summed E-state index contributed by atoms with van der Waals surface area (Å²) in [6.07, 6.45) is 0. The lowest BCUT2D eigenvalue weighted by Crippen LogP contribution is -2.00. The van der Waals surface area contributed by atoms with E-state index in [0.717, 1.165) is 27.8 Å². The molecule has 0 aliphatic carbocycles. The Morgan fingerprint density at radius 1 is 1.19 bits per heavy atom. The summed E-state index contributed by atoms with van der Waals surface area (Å²) in [7, 11) is 0. The summed E-state index contributed by atoms with van der Waals surface area (Å²) in [6, 6.07) is 14.2. The number of ether oxygens (including phenoxy) is 1. The van der Waals surface area contributed by atoms with Gasteiger partial charge in [-0.3, -0.25) is 0 Å². The molecule has 0 saturated carbocycles. The SMILES string of the molecule is CCOc1cccc2c1[nH]c(=S)n2Cc1ccccc1Br. The summed E-state index contributed by atoms with van der Waals surface area (Å²) >= 11 is 9.06. The predicted octanol–water partition coefficient (Wildman–Crippen LogP) is 4.91. The molecule has 0 amide bonds. The van der Waals surface area contributed by atoms with Crippen molar-refractivity contribution >= 4 is 39.2 Å². The van der Waals surface area contributed by atoms with E-state index in [1.165, 1.54) is 5.56 Å². The summed E-state index contributed by atoms with van der Waals surface area (Å²) in [5.74, 6) is 0.840. The van der Waals surface area contributed by atoms with Crippen LogP contribution in [0.3, 0.4) is 0 Å². The number of nitrogens with one attached hydrogen (secondary N) is 1. The molecule has 21 heavy (non-hydrogen) atoms. The number of aromatic amines is 1. The second kappa shape index (κ2) is 6.03. The van der Waals surface area contributed by atoms with E-state index in [9.17, 15) is 0 Å². The first-order chi connectivity index (χ1) is 10.2. The molecule has 108 valence electrons. The highest BCUT2D eigenvalue weighted by atomic mass is 79.9. The van der Waals surface area contributed by atoms with Gasteiger partial charge in [0, 0.05) is 4.47 Å². The molecule has 0 aliphatic rings. The van der Waals surface area contributed by atoms with Gasteiger partial charge >= 0.3 is 0 Å². The van der Waals surface area contributed by atoms with E-state index in [1.54, 1.807) is 0 Å². The minimum absolute atomic E-state index is 0.634. The average molecular weight is 363 g/mol. The maximum atomic E-state index is 5.66. The van der Waals surface area contributed by atoms with Crippen LogP contribution in [0.25, 0.3) is 11.0 Å². The predicted molar refractivity (Wildman–Crippen MR) is 91.5 cm³/mol. The highest BCUT2D eigenvalue weighted by Gasteiger charge is 2.10. The lowest BCUT2D eigenvalue weighted by molar-refractivity contribution is 0.343. The van der Waals surface area contributed by atoms with E-state index in [4.69, 9.17) is 17.0 Å². The number of imidazole rings is 1. The molecule has 0 saturated heterocycles. The van der Waals surface area contributed by atoms with Crippen LogP contribution in [0.5, 0.6) is 5.75 Å². The Morgan fingerprint density at radius 2 is 2.00 bits per heavy atom. The van der Waals surface area contributed by atoms with Crippen molar-refractivity contribution in [3.05, 3.63) is 57.3 Å². The van der Waals surface area contributed by atoms with Gasteiger partial charge in [0.05, 0.1) is 18.7 Å². The van der Waals surface area contributed by atoms with Crippen LogP contribution in [-0.4, -0.2) is 16.2 Å². The quantitative estimate of drug-likeness (QED) is 0.668. The number of nitrogens with zero attached hydrogens (tertiary/aromatic N) is 1. The van der Waals surface area contributed by atoms with Crippen molar-refractivity contribution in [1.29, 1.82) is 0 Å². The van der Waals surface area contributed by atoms with E-state index >= 15 is 0 Å². The molecule has 1 N–H and O–H groups in total. The van der Waals surface area contributed by atoms with Crippen LogP contribution in [-0.2, 0) is 6.54 Å². The lowest BCUT2D eigenvalue weighted by atomic mass is 10.2. The lowest BCUT2D eigenvalue weighted by Gasteiger charge is -2.08. The van der Waals surface area contributed by atoms with Crippen molar-refractivity contribution in [2.75, 3.05) is 6.61 Å². The molecular formula is C16H15BrN2OS. The zero-order valence-electron chi connectivity index (χ0n) is 11.6. The second-order valence-corrected chi connectivity index (χ2v) is 5.93. The minimum Gasteiger partial charge on any atom is -0.492 e. The Hall–Kier alpha value is -1.59.